The Bertz CT molecular complexity index is 654. The van der Waals surface area contributed by atoms with E-state index in [0.717, 1.165) is 0 Å². The maximum atomic E-state index is 12.2. The van der Waals surface area contributed by atoms with Crippen LogP contribution in [0.3, 0.4) is 0 Å². The monoisotopic (exact) mass is 313 g/mol. The zero-order valence-corrected chi connectivity index (χ0v) is 12.3. The number of nitrogens with zero attached hydrogens (tertiary/aromatic N) is 1. The van der Waals surface area contributed by atoms with E-state index in [1.54, 1.807) is 19.1 Å². The maximum Gasteiger partial charge on any atom is 0.332 e. The molecule has 1 amide bonds. The number of carbonyl (C=O) groups is 2. The molecule has 0 aliphatic carbocycles. The molecule has 0 unspecified atom stereocenters. The highest BCUT2D eigenvalue weighted by Crippen LogP contribution is 2.29. The second-order valence-electron chi connectivity index (χ2n) is 4.24. The van der Waals surface area contributed by atoms with Crippen molar-refractivity contribution in [3.8, 4) is 0 Å². The lowest BCUT2D eigenvalue weighted by atomic mass is 10.2. The van der Waals surface area contributed by atoms with Crippen molar-refractivity contribution < 1.29 is 27.5 Å². The first-order valence-electron chi connectivity index (χ1n) is 6.38. The summed E-state index contributed by atoms with van der Waals surface area (Å²) in [7, 11) is -3.85. The predicted octanol–water partition coefficient (Wildman–Crippen LogP) is 0.411. The van der Waals surface area contributed by atoms with Crippen LogP contribution in [-0.4, -0.2) is 51.0 Å². The van der Waals surface area contributed by atoms with Crippen LogP contribution in [0.1, 0.15) is 17.3 Å². The molecular formula is C13H15NO6S. The van der Waals surface area contributed by atoms with Crippen LogP contribution in [-0.2, 0) is 24.3 Å². The molecule has 0 spiro atoms. The van der Waals surface area contributed by atoms with E-state index in [2.05, 4.69) is 0 Å². The van der Waals surface area contributed by atoms with Crippen molar-refractivity contribution >= 4 is 21.9 Å². The lowest BCUT2D eigenvalue weighted by molar-refractivity contribution is -0.148. The Morgan fingerprint density at radius 3 is 2.67 bits per heavy atom. The summed E-state index contributed by atoms with van der Waals surface area (Å²) in [6.45, 7) is 1.50. The molecule has 1 aliphatic rings. The lowest BCUT2D eigenvalue weighted by Gasteiger charge is -2.14. The van der Waals surface area contributed by atoms with Gasteiger partial charge in [0.15, 0.2) is 0 Å². The fourth-order valence-corrected chi connectivity index (χ4v) is 3.47. The minimum Gasteiger partial charge on any atom is -0.462 e. The van der Waals surface area contributed by atoms with Crippen molar-refractivity contribution in [1.82, 2.24) is 4.31 Å². The number of fused-ring (bicyclic) bond motifs is 1. The van der Waals surface area contributed by atoms with E-state index >= 15 is 0 Å². The van der Waals surface area contributed by atoms with Crippen LogP contribution in [0.4, 0.5) is 0 Å². The van der Waals surface area contributed by atoms with Crippen molar-refractivity contribution in [3.05, 3.63) is 29.8 Å². The van der Waals surface area contributed by atoms with Crippen LogP contribution in [0.5, 0.6) is 0 Å². The topological polar surface area (TPSA) is 90.0 Å². The molecule has 7 nitrogen and oxygen atoms in total. The number of sulfonamides is 1. The first kappa shape index (κ1) is 15.5. The van der Waals surface area contributed by atoms with Gasteiger partial charge in [0.2, 0.25) is 0 Å². The van der Waals surface area contributed by atoms with Gasteiger partial charge in [-0.15, -0.1) is 0 Å². The third-order valence-corrected chi connectivity index (χ3v) is 4.73. The van der Waals surface area contributed by atoms with Gasteiger partial charge in [-0.1, -0.05) is 12.1 Å². The molecule has 1 aromatic carbocycles. The Balaban J connectivity index is 2.00. The fraction of sp³-hybridized carbons (Fsp3) is 0.385. The first-order valence-corrected chi connectivity index (χ1v) is 7.82. The zero-order chi connectivity index (χ0) is 15.5. The van der Waals surface area contributed by atoms with Gasteiger partial charge in [-0.05, 0) is 19.1 Å². The smallest absolute Gasteiger partial charge is 0.332 e. The molecule has 2 rings (SSSR count). The molecule has 0 fully saturated rings. The summed E-state index contributed by atoms with van der Waals surface area (Å²) in [5, 5.41) is 0. The molecule has 8 heteroatoms. The average molecular weight is 313 g/mol. The fourth-order valence-electron chi connectivity index (χ4n) is 1.92. The SMILES string of the molecule is CCOCC(=O)OCCN1C(=O)c2ccccc2S1(=O)=O. The van der Waals surface area contributed by atoms with Crippen LogP contribution >= 0.6 is 0 Å². The third kappa shape index (κ3) is 3.06. The molecule has 0 saturated carbocycles. The number of hydrogen-bond donors (Lipinski definition) is 0. The van der Waals surface area contributed by atoms with Crippen LogP contribution < -0.4 is 0 Å². The average Bonchev–Trinajstić information content (AvgIpc) is 2.66. The van der Waals surface area contributed by atoms with E-state index in [1.165, 1.54) is 12.1 Å². The summed E-state index contributed by atoms with van der Waals surface area (Å²) < 4.78 is 34.8. The number of esters is 1. The van der Waals surface area contributed by atoms with Gasteiger partial charge in [-0.25, -0.2) is 17.5 Å². The molecule has 114 valence electrons. The summed E-state index contributed by atoms with van der Waals surface area (Å²) in [4.78, 5) is 23.3. The highest BCUT2D eigenvalue weighted by atomic mass is 32.2. The van der Waals surface area contributed by atoms with Crippen molar-refractivity contribution in [3.63, 3.8) is 0 Å². The van der Waals surface area contributed by atoms with Gasteiger partial charge in [-0.3, -0.25) is 4.79 Å². The standard InChI is InChI=1S/C13H15NO6S/c1-2-19-9-12(15)20-8-7-14-13(16)10-5-3-4-6-11(10)21(14,17)18/h3-6H,2,7-9H2,1H3. The maximum absolute atomic E-state index is 12.2. The largest absolute Gasteiger partial charge is 0.462 e. The Hall–Kier alpha value is -1.93. The van der Waals surface area contributed by atoms with E-state index in [0.29, 0.717) is 10.9 Å². The van der Waals surface area contributed by atoms with Crippen molar-refractivity contribution in [1.29, 1.82) is 0 Å². The van der Waals surface area contributed by atoms with Crippen molar-refractivity contribution in [2.75, 3.05) is 26.4 Å². The quantitative estimate of drug-likeness (QED) is 0.707. The molecule has 0 N–H and O–H groups in total. The van der Waals surface area contributed by atoms with Crippen molar-refractivity contribution in [2.45, 2.75) is 11.8 Å². The van der Waals surface area contributed by atoms with E-state index in [-0.39, 0.29) is 30.2 Å². The highest BCUT2D eigenvalue weighted by molar-refractivity contribution is 7.90. The molecule has 0 atom stereocenters. The van der Waals surface area contributed by atoms with Gasteiger partial charge in [-0.2, -0.15) is 0 Å². The summed E-state index contributed by atoms with van der Waals surface area (Å²) in [6, 6.07) is 5.98. The number of carbonyl (C=O) groups excluding carboxylic acids is 2. The number of amides is 1. The Labute approximate surface area is 122 Å². The summed E-state index contributed by atoms with van der Waals surface area (Å²) in [5.41, 5.74) is 0.137. The van der Waals surface area contributed by atoms with Crippen LogP contribution in [0.2, 0.25) is 0 Å². The number of benzene rings is 1. The summed E-state index contributed by atoms with van der Waals surface area (Å²) in [5.74, 6) is -1.20. The Morgan fingerprint density at radius 1 is 1.29 bits per heavy atom. The normalized spacial score (nSPS) is 15.9. The van der Waals surface area contributed by atoms with Gasteiger partial charge < -0.3 is 9.47 Å². The summed E-state index contributed by atoms with van der Waals surface area (Å²) in [6.07, 6.45) is 0. The molecule has 0 saturated heterocycles. The van der Waals surface area contributed by atoms with Crippen molar-refractivity contribution in [2.24, 2.45) is 0 Å². The molecule has 1 aliphatic heterocycles. The number of ether oxygens (including phenoxy) is 2. The molecule has 0 bridgehead atoms. The number of hydrogen-bond acceptors (Lipinski definition) is 6. The number of rotatable bonds is 6. The molecule has 1 heterocycles. The van der Waals surface area contributed by atoms with Crippen LogP contribution in [0, 0.1) is 0 Å². The summed E-state index contributed by atoms with van der Waals surface area (Å²) >= 11 is 0. The highest BCUT2D eigenvalue weighted by Gasteiger charge is 2.40. The lowest BCUT2D eigenvalue weighted by Crippen LogP contribution is -2.34. The van der Waals surface area contributed by atoms with E-state index < -0.39 is 21.9 Å². The zero-order valence-electron chi connectivity index (χ0n) is 11.4. The van der Waals surface area contributed by atoms with Crippen LogP contribution in [0.15, 0.2) is 29.2 Å². The minimum absolute atomic E-state index is 0.0179. The Morgan fingerprint density at radius 2 is 2.00 bits per heavy atom. The molecular weight excluding hydrogens is 298 g/mol. The molecule has 0 radical (unpaired) electrons. The first-order chi connectivity index (χ1) is 9.98. The second-order valence-corrected chi connectivity index (χ2v) is 6.07. The van der Waals surface area contributed by atoms with E-state index in [1.807, 2.05) is 0 Å². The third-order valence-electron chi connectivity index (χ3n) is 2.89. The second kappa shape index (κ2) is 6.23. The van der Waals surface area contributed by atoms with Crippen LogP contribution in [0.25, 0.3) is 0 Å². The van der Waals surface area contributed by atoms with Gasteiger partial charge in [0.1, 0.15) is 18.1 Å². The van der Waals surface area contributed by atoms with Gasteiger partial charge >= 0.3 is 5.97 Å². The van der Waals surface area contributed by atoms with E-state index in [9.17, 15) is 18.0 Å². The van der Waals surface area contributed by atoms with E-state index in [4.69, 9.17) is 9.47 Å². The van der Waals surface area contributed by atoms with Gasteiger partial charge in [0.25, 0.3) is 15.9 Å². The molecule has 21 heavy (non-hydrogen) atoms. The minimum atomic E-state index is -3.85. The predicted molar refractivity (Wildman–Crippen MR) is 72.1 cm³/mol. The molecule has 0 aromatic heterocycles. The molecule has 1 aromatic rings. The van der Waals surface area contributed by atoms with Gasteiger partial charge in [0.05, 0.1) is 12.1 Å². The Kier molecular flexibility index (Phi) is 4.59. The van der Waals surface area contributed by atoms with Gasteiger partial charge in [0, 0.05) is 6.61 Å².